The molecule has 232 valence electrons. The predicted molar refractivity (Wildman–Crippen MR) is 136 cm³/mol. The van der Waals surface area contributed by atoms with Crippen LogP contribution in [0.15, 0.2) is 72.8 Å². The molecule has 0 spiro atoms. The summed E-state index contributed by atoms with van der Waals surface area (Å²) >= 11 is 5.74. The number of ether oxygens (including phenoxy) is 2. The molecule has 10 nitrogen and oxygen atoms in total. The highest BCUT2D eigenvalue weighted by Crippen LogP contribution is 2.31. The Morgan fingerprint density at radius 2 is 1.11 bits per heavy atom. The minimum Gasteiger partial charge on any atom is -0.478 e. The minimum absolute atomic E-state index is 0.0713. The van der Waals surface area contributed by atoms with Gasteiger partial charge in [-0.3, -0.25) is 20.4 Å². The molecule has 0 aliphatic carbocycles. The molecule has 17 heteroatoms. The number of carboxylic acid groups (broad SMARTS) is 1. The second-order valence-electron chi connectivity index (χ2n) is 8.60. The number of aliphatic carboxylic acids is 1. The Morgan fingerprint density at radius 1 is 0.659 bits per heavy atom. The van der Waals surface area contributed by atoms with Crippen LogP contribution in [-0.4, -0.2) is 47.0 Å². The van der Waals surface area contributed by atoms with Crippen LogP contribution in [0.1, 0.15) is 42.2 Å². The summed E-state index contributed by atoms with van der Waals surface area (Å²) in [6, 6.07) is 10.2. The molecular formula is C27H17ClF6N2O8. The molecule has 3 aromatic rings. The molecule has 44 heavy (non-hydrogen) atoms. The van der Waals surface area contributed by atoms with Crippen LogP contribution in [0.4, 0.5) is 26.3 Å². The zero-order valence-electron chi connectivity index (χ0n) is 21.5. The summed E-state index contributed by atoms with van der Waals surface area (Å²) in [5, 5.41) is 9.96. The first-order chi connectivity index (χ1) is 20.5. The summed E-state index contributed by atoms with van der Waals surface area (Å²) < 4.78 is 88.2. The Balaban J connectivity index is 1.92. The molecule has 0 saturated carbocycles. The normalized spacial score (nSPS) is 12.8. The summed E-state index contributed by atoms with van der Waals surface area (Å²) in [5.74, 6) is -8.21. The van der Waals surface area contributed by atoms with E-state index >= 15 is 0 Å². The van der Waals surface area contributed by atoms with Gasteiger partial charge < -0.3 is 14.6 Å². The minimum atomic E-state index is -4.91. The van der Waals surface area contributed by atoms with Gasteiger partial charge in [0, 0.05) is 10.6 Å². The molecule has 3 N–H and O–H groups in total. The van der Waals surface area contributed by atoms with Gasteiger partial charge in [-0.1, -0.05) is 23.7 Å². The molecule has 0 aliphatic rings. The van der Waals surface area contributed by atoms with E-state index in [9.17, 15) is 55.4 Å². The van der Waals surface area contributed by atoms with Crippen molar-refractivity contribution in [3.05, 3.63) is 106 Å². The molecule has 0 heterocycles. The molecule has 0 aromatic heterocycles. The first-order valence-electron chi connectivity index (χ1n) is 11.8. The number of carboxylic acids is 1. The number of halogens is 7. The lowest BCUT2D eigenvalue weighted by Crippen LogP contribution is -2.54. The molecule has 2 amide bonds. The predicted octanol–water partition coefficient (Wildman–Crippen LogP) is 4.67. The molecular weight excluding hydrogens is 630 g/mol. The fourth-order valence-electron chi connectivity index (χ4n) is 3.37. The van der Waals surface area contributed by atoms with Crippen LogP contribution in [0.2, 0.25) is 5.02 Å². The van der Waals surface area contributed by atoms with Crippen molar-refractivity contribution in [2.75, 3.05) is 0 Å². The van der Waals surface area contributed by atoms with Crippen LogP contribution >= 0.6 is 11.6 Å². The lowest BCUT2D eigenvalue weighted by Gasteiger charge is -2.24. The van der Waals surface area contributed by atoms with E-state index in [2.05, 4.69) is 0 Å². The van der Waals surface area contributed by atoms with Gasteiger partial charge in [-0.15, -0.1) is 0 Å². The Kier molecular flexibility index (Phi) is 10.2. The van der Waals surface area contributed by atoms with Crippen molar-refractivity contribution in [3.63, 3.8) is 0 Å². The number of hydrazine groups is 1. The van der Waals surface area contributed by atoms with Crippen molar-refractivity contribution in [1.82, 2.24) is 10.9 Å². The molecule has 0 unspecified atom stereocenters. The fourth-order valence-corrected chi connectivity index (χ4v) is 3.50. The first-order valence-corrected chi connectivity index (χ1v) is 12.2. The van der Waals surface area contributed by atoms with E-state index < -0.39 is 76.5 Å². The second-order valence-corrected chi connectivity index (χ2v) is 9.03. The van der Waals surface area contributed by atoms with Gasteiger partial charge in [-0.25, -0.2) is 14.4 Å². The summed E-state index contributed by atoms with van der Waals surface area (Å²) in [7, 11) is 0. The molecule has 0 fully saturated rings. The summed E-state index contributed by atoms with van der Waals surface area (Å²) in [4.78, 5) is 62.8. The molecule has 0 bridgehead atoms. The largest absolute Gasteiger partial charge is 0.478 e. The van der Waals surface area contributed by atoms with Crippen LogP contribution in [-0.2, 0) is 31.4 Å². The Hall–Kier alpha value is -5.12. The molecule has 3 rings (SSSR count). The highest BCUT2D eigenvalue weighted by molar-refractivity contribution is 6.30. The maximum atomic E-state index is 13.1. The van der Waals surface area contributed by atoms with Crippen LogP contribution in [0.5, 0.6) is 0 Å². The van der Waals surface area contributed by atoms with E-state index in [-0.39, 0.29) is 10.6 Å². The topological polar surface area (TPSA) is 148 Å². The van der Waals surface area contributed by atoms with Gasteiger partial charge in [0.25, 0.3) is 11.8 Å². The van der Waals surface area contributed by atoms with Crippen molar-refractivity contribution in [3.8, 4) is 0 Å². The maximum absolute atomic E-state index is 13.1. The average molecular weight is 647 g/mol. The number of carbonyl (C=O) groups is 5. The van der Waals surface area contributed by atoms with Crippen molar-refractivity contribution in [2.45, 2.75) is 24.6 Å². The highest BCUT2D eigenvalue weighted by atomic mass is 35.5. The number of hydrogen-bond acceptors (Lipinski definition) is 7. The van der Waals surface area contributed by atoms with Gasteiger partial charge in [0.2, 0.25) is 12.2 Å². The van der Waals surface area contributed by atoms with Crippen molar-refractivity contribution in [1.29, 1.82) is 0 Å². The van der Waals surface area contributed by atoms with E-state index in [0.717, 1.165) is 24.3 Å². The van der Waals surface area contributed by atoms with Crippen molar-refractivity contribution in [2.24, 2.45) is 0 Å². The smallest absolute Gasteiger partial charge is 0.416 e. The number of esters is 2. The second kappa shape index (κ2) is 13.5. The zero-order valence-corrected chi connectivity index (χ0v) is 22.3. The van der Waals surface area contributed by atoms with Gasteiger partial charge in [-0.05, 0) is 60.7 Å². The number of hydrogen-bond donors (Lipinski definition) is 3. The monoisotopic (exact) mass is 646 g/mol. The summed E-state index contributed by atoms with van der Waals surface area (Å²) in [6.45, 7) is 0. The number of rotatable bonds is 8. The third-order valence-electron chi connectivity index (χ3n) is 5.50. The van der Waals surface area contributed by atoms with Crippen molar-refractivity contribution >= 4 is 41.3 Å². The lowest BCUT2D eigenvalue weighted by atomic mass is 10.1. The summed E-state index contributed by atoms with van der Waals surface area (Å²) in [6.07, 6.45) is -15.3. The Labute approximate surface area is 247 Å². The summed E-state index contributed by atoms with van der Waals surface area (Å²) in [5.41, 5.74) is -0.720. The van der Waals surface area contributed by atoms with Gasteiger partial charge in [0.1, 0.15) is 0 Å². The van der Waals surface area contributed by atoms with Gasteiger partial charge in [-0.2, -0.15) is 26.3 Å². The number of benzene rings is 3. The zero-order chi connectivity index (χ0) is 32.8. The van der Waals surface area contributed by atoms with Crippen molar-refractivity contribution < 1.29 is 64.9 Å². The highest BCUT2D eigenvalue weighted by Gasteiger charge is 2.42. The molecule has 0 radical (unpaired) electrons. The van der Waals surface area contributed by atoms with E-state index in [1.165, 1.54) is 24.3 Å². The number of amides is 2. The third-order valence-corrected chi connectivity index (χ3v) is 5.75. The third kappa shape index (κ3) is 8.70. The number of alkyl halides is 6. The van der Waals surface area contributed by atoms with Crippen LogP contribution < -0.4 is 10.9 Å². The number of carbonyl (C=O) groups excluding carboxylic acids is 4. The molecule has 3 aromatic carbocycles. The fraction of sp³-hybridized carbons (Fsp3) is 0.148. The van der Waals surface area contributed by atoms with E-state index in [1.54, 1.807) is 5.43 Å². The lowest BCUT2D eigenvalue weighted by molar-refractivity contribution is -0.159. The van der Waals surface area contributed by atoms with Crippen LogP contribution in [0.3, 0.4) is 0 Å². The molecule has 2 atom stereocenters. The average Bonchev–Trinajstić information content (AvgIpc) is 2.96. The van der Waals surface area contributed by atoms with Gasteiger partial charge in [0.15, 0.2) is 0 Å². The molecule has 0 saturated heterocycles. The van der Waals surface area contributed by atoms with E-state index in [4.69, 9.17) is 21.1 Å². The maximum Gasteiger partial charge on any atom is 0.416 e. The van der Waals surface area contributed by atoms with Gasteiger partial charge in [0.05, 0.1) is 22.3 Å². The first kappa shape index (κ1) is 33.4. The number of nitrogens with one attached hydrogen (secondary N) is 2. The molecule has 0 aliphatic heterocycles. The van der Waals surface area contributed by atoms with Crippen LogP contribution in [0, 0.1) is 0 Å². The van der Waals surface area contributed by atoms with Crippen LogP contribution in [0.25, 0.3) is 0 Å². The SMILES string of the molecule is O=C(NNC(=O)[C@H](OC(=O)c1cccc(C(F)(F)F)c1)[C@@H](OC(=O)c1cccc(C(F)(F)F)c1)C(=O)O)c1ccc(Cl)cc1. The Bertz CT molecular complexity index is 1580. The van der Waals surface area contributed by atoms with Gasteiger partial charge >= 0.3 is 30.3 Å². The standard InChI is InChI=1S/C27H17ClF6N2O8/c28-18-9-7-13(8-10-18)21(37)35-36-22(38)19(43-24(41)14-3-1-5-16(11-14)26(29,30)31)20(23(39)40)44-25(42)15-4-2-6-17(12-15)27(32,33)34/h1-12,19-20H,(H,35,37)(H,36,38)(H,39,40)/t19-,20-/m1/s1. The quantitative estimate of drug-likeness (QED) is 0.182. The van der Waals surface area contributed by atoms with E-state index in [0.29, 0.717) is 24.3 Å². The Morgan fingerprint density at radius 3 is 1.55 bits per heavy atom. The van der Waals surface area contributed by atoms with E-state index in [1.807, 2.05) is 5.43 Å².